The number of rotatable bonds is 1. The van der Waals surface area contributed by atoms with Crippen LogP contribution in [0.15, 0.2) is 16.6 Å². The Morgan fingerprint density at radius 3 is 2.69 bits per heavy atom. The number of nitrogens with one attached hydrogen (secondary N) is 1. The molecule has 1 aromatic rings. The van der Waals surface area contributed by atoms with Crippen LogP contribution in [0, 0.1) is 12.7 Å². The van der Waals surface area contributed by atoms with Crippen LogP contribution < -0.4 is 5.32 Å². The van der Waals surface area contributed by atoms with Gasteiger partial charge in [0.05, 0.1) is 10.2 Å². The summed E-state index contributed by atoms with van der Waals surface area (Å²) in [6.07, 6.45) is 0. The first-order valence-electron chi connectivity index (χ1n) is 3.74. The molecule has 13 heavy (non-hydrogen) atoms. The molecule has 0 unspecified atom stereocenters. The molecule has 0 aromatic heterocycles. The second kappa shape index (κ2) is 3.87. The number of carbonyl (C=O) groups excluding carboxylic acids is 1. The van der Waals surface area contributed by atoms with Crippen LogP contribution in [0.2, 0.25) is 0 Å². The van der Waals surface area contributed by atoms with Gasteiger partial charge in [0, 0.05) is 6.92 Å². The van der Waals surface area contributed by atoms with E-state index in [9.17, 15) is 9.18 Å². The van der Waals surface area contributed by atoms with Gasteiger partial charge >= 0.3 is 0 Å². The van der Waals surface area contributed by atoms with Crippen molar-refractivity contribution in [1.82, 2.24) is 0 Å². The Bertz CT molecular complexity index is 352. The van der Waals surface area contributed by atoms with E-state index in [1.807, 2.05) is 0 Å². The van der Waals surface area contributed by atoms with Gasteiger partial charge in [-0.3, -0.25) is 4.79 Å². The molecule has 0 fully saturated rings. The van der Waals surface area contributed by atoms with E-state index < -0.39 is 5.82 Å². The molecular weight excluding hydrogens is 237 g/mol. The highest BCUT2D eigenvalue weighted by molar-refractivity contribution is 9.10. The summed E-state index contributed by atoms with van der Waals surface area (Å²) >= 11 is 3.04. The molecule has 4 heteroatoms. The predicted octanol–water partition coefficient (Wildman–Crippen LogP) is 2.86. The molecular formula is C9H9BrFNO. The maximum Gasteiger partial charge on any atom is 0.221 e. The first kappa shape index (κ1) is 10.2. The zero-order chi connectivity index (χ0) is 10.0. The quantitative estimate of drug-likeness (QED) is 0.810. The van der Waals surface area contributed by atoms with Crippen LogP contribution in [-0.4, -0.2) is 5.91 Å². The molecule has 1 N–H and O–H groups in total. The Morgan fingerprint density at radius 1 is 1.54 bits per heavy atom. The van der Waals surface area contributed by atoms with Gasteiger partial charge in [0.15, 0.2) is 5.82 Å². The molecule has 0 aliphatic heterocycles. The van der Waals surface area contributed by atoms with E-state index in [0.717, 1.165) is 0 Å². The Hall–Kier alpha value is -0.900. The molecule has 0 aliphatic rings. The summed E-state index contributed by atoms with van der Waals surface area (Å²) in [7, 11) is 0. The zero-order valence-electron chi connectivity index (χ0n) is 7.32. The maximum absolute atomic E-state index is 13.4. The van der Waals surface area contributed by atoms with Crippen molar-refractivity contribution in [3.05, 3.63) is 28.0 Å². The van der Waals surface area contributed by atoms with E-state index in [4.69, 9.17) is 0 Å². The molecule has 1 rings (SSSR count). The standard InChI is InChI=1S/C9H9BrFNO/c1-5-3-4-7(10)8(11)9(5)12-6(2)13/h3-4H,1-2H3,(H,12,13). The summed E-state index contributed by atoms with van der Waals surface area (Å²) < 4.78 is 13.7. The average molecular weight is 246 g/mol. The molecule has 0 atom stereocenters. The number of carbonyl (C=O) groups is 1. The zero-order valence-corrected chi connectivity index (χ0v) is 8.90. The van der Waals surface area contributed by atoms with Crippen molar-refractivity contribution in [2.75, 3.05) is 5.32 Å². The van der Waals surface area contributed by atoms with Gasteiger partial charge in [-0.15, -0.1) is 0 Å². The summed E-state index contributed by atoms with van der Waals surface area (Å²) in [6, 6.07) is 3.34. The number of aryl methyl sites for hydroxylation is 1. The third kappa shape index (κ3) is 2.28. The number of hydrogen-bond acceptors (Lipinski definition) is 1. The van der Waals surface area contributed by atoms with E-state index in [0.29, 0.717) is 10.0 Å². The summed E-state index contributed by atoms with van der Waals surface area (Å²) in [5, 5.41) is 2.44. The van der Waals surface area contributed by atoms with E-state index >= 15 is 0 Å². The normalized spacial score (nSPS) is 9.85. The Labute approximate surface area is 84.3 Å². The number of anilines is 1. The lowest BCUT2D eigenvalue weighted by Gasteiger charge is -2.08. The maximum atomic E-state index is 13.4. The summed E-state index contributed by atoms with van der Waals surface area (Å²) in [5.41, 5.74) is 0.942. The van der Waals surface area contributed by atoms with Crippen LogP contribution in [0.3, 0.4) is 0 Å². The summed E-state index contributed by atoms with van der Waals surface area (Å²) in [6.45, 7) is 3.08. The Balaban J connectivity index is 3.17. The van der Waals surface area contributed by atoms with E-state index in [-0.39, 0.29) is 11.6 Å². The van der Waals surface area contributed by atoms with Crippen molar-refractivity contribution in [3.63, 3.8) is 0 Å². The van der Waals surface area contributed by atoms with Crippen molar-refractivity contribution in [2.24, 2.45) is 0 Å². The van der Waals surface area contributed by atoms with Gasteiger partial charge < -0.3 is 5.32 Å². The highest BCUT2D eigenvalue weighted by atomic mass is 79.9. The fourth-order valence-electron chi connectivity index (χ4n) is 0.977. The van der Waals surface area contributed by atoms with Gasteiger partial charge in [-0.1, -0.05) is 6.07 Å². The van der Waals surface area contributed by atoms with Crippen LogP contribution in [0.1, 0.15) is 12.5 Å². The van der Waals surface area contributed by atoms with Crippen LogP contribution in [0.5, 0.6) is 0 Å². The molecule has 1 aromatic carbocycles. The minimum absolute atomic E-state index is 0.238. The van der Waals surface area contributed by atoms with Gasteiger partial charge in [-0.2, -0.15) is 0 Å². The highest BCUT2D eigenvalue weighted by Gasteiger charge is 2.09. The van der Waals surface area contributed by atoms with Crippen molar-refractivity contribution < 1.29 is 9.18 Å². The van der Waals surface area contributed by atoms with E-state index in [1.54, 1.807) is 19.1 Å². The average Bonchev–Trinajstić information content (AvgIpc) is 2.05. The van der Waals surface area contributed by atoms with E-state index in [2.05, 4.69) is 21.2 Å². The molecule has 0 aliphatic carbocycles. The van der Waals surface area contributed by atoms with Gasteiger partial charge in [-0.25, -0.2) is 4.39 Å². The van der Waals surface area contributed by atoms with Crippen molar-refractivity contribution in [1.29, 1.82) is 0 Å². The lowest BCUT2D eigenvalue weighted by atomic mass is 10.2. The number of amides is 1. The van der Waals surface area contributed by atoms with Crippen LogP contribution >= 0.6 is 15.9 Å². The van der Waals surface area contributed by atoms with Crippen LogP contribution in [0.4, 0.5) is 10.1 Å². The van der Waals surface area contributed by atoms with Crippen molar-refractivity contribution in [3.8, 4) is 0 Å². The van der Waals surface area contributed by atoms with Crippen LogP contribution in [0.25, 0.3) is 0 Å². The minimum Gasteiger partial charge on any atom is -0.324 e. The first-order valence-corrected chi connectivity index (χ1v) is 4.54. The molecule has 0 radical (unpaired) electrons. The van der Waals surface area contributed by atoms with Crippen molar-refractivity contribution in [2.45, 2.75) is 13.8 Å². The fraction of sp³-hybridized carbons (Fsp3) is 0.222. The number of hydrogen-bond donors (Lipinski definition) is 1. The van der Waals surface area contributed by atoms with Gasteiger partial charge in [0.1, 0.15) is 0 Å². The van der Waals surface area contributed by atoms with E-state index in [1.165, 1.54) is 6.92 Å². The molecule has 0 heterocycles. The summed E-state index contributed by atoms with van der Waals surface area (Å²) in [4.78, 5) is 10.7. The Kier molecular flexibility index (Phi) is 3.03. The van der Waals surface area contributed by atoms with Crippen LogP contribution in [-0.2, 0) is 4.79 Å². The molecule has 0 bridgehead atoms. The Morgan fingerprint density at radius 2 is 2.15 bits per heavy atom. The molecule has 0 spiro atoms. The monoisotopic (exact) mass is 245 g/mol. The van der Waals surface area contributed by atoms with Crippen molar-refractivity contribution >= 4 is 27.5 Å². The smallest absolute Gasteiger partial charge is 0.221 e. The van der Waals surface area contributed by atoms with Gasteiger partial charge in [0.2, 0.25) is 5.91 Å². The molecule has 1 amide bonds. The van der Waals surface area contributed by atoms with Gasteiger partial charge in [0.25, 0.3) is 0 Å². The predicted molar refractivity (Wildman–Crippen MR) is 53.1 cm³/mol. The molecule has 0 saturated heterocycles. The third-order valence-corrected chi connectivity index (χ3v) is 2.22. The summed E-state index contributed by atoms with van der Waals surface area (Å²) in [5.74, 6) is -0.713. The third-order valence-electron chi connectivity index (χ3n) is 1.60. The molecule has 2 nitrogen and oxygen atoms in total. The largest absolute Gasteiger partial charge is 0.324 e. The molecule has 0 saturated carbocycles. The first-order chi connectivity index (χ1) is 6.02. The minimum atomic E-state index is -0.435. The number of halogens is 2. The second-order valence-electron chi connectivity index (χ2n) is 2.73. The lowest BCUT2D eigenvalue weighted by Crippen LogP contribution is -2.09. The fourth-order valence-corrected chi connectivity index (χ4v) is 1.31. The van der Waals surface area contributed by atoms with Gasteiger partial charge in [-0.05, 0) is 34.5 Å². The lowest BCUT2D eigenvalue weighted by molar-refractivity contribution is -0.114. The molecule has 70 valence electrons. The number of benzene rings is 1. The topological polar surface area (TPSA) is 29.1 Å². The second-order valence-corrected chi connectivity index (χ2v) is 3.59. The SMILES string of the molecule is CC(=O)Nc1c(C)ccc(Br)c1F. The highest BCUT2D eigenvalue weighted by Crippen LogP contribution is 2.26.